The molecule has 3 amide bonds. The molecule has 0 spiro atoms. The Morgan fingerprint density at radius 2 is 1.95 bits per heavy atom. The highest BCUT2D eigenvalue weighted by molar-refractivity contribution is 6.02. The average molecular weight is 260 g/mol. The summed E-state index contributed by atoms with van der Waals surface area (Å²) in [5.41, 5.74) is 1.04. The number of benzene rings is 1. The molecule has 0 saturated carbocycles. The first kappa shape index (κ1) is 12.0. The van der Waals surface area contributed by atoms with E-state index in [1.807, 2.05) is 0 Å². The van der Waals surface area contributed by atoms with Gasteiger partial charge in [0.2, 0.25) is 5.91 Å². The number of hydrogen-bond acceptors (Lipinski definition) is 4. The fraction of sp³-hybridized carbons (Fsp3) is 0.308. The number of fused-ring (bicyclic) bond motifs is 1. The van der Waals surface area contributed by atoms with Gasteiger partial charge in [-0.1, -0.05) is 18.2 Å². The molecule has 19 heavy (non-hydrogen) atoms. The lowest BCUT2D eigenvalue weighted by atomic mass is 10.0. The van der Waals surface area contributed by atoms with Crippen molar-refractivity contribution in [3.8, 4) is 0 Å². The van der Waals surface area contributed by atoms with Gasteiger partial charge in [0.15, 0.2) is 6.04 Å². The van der Waals surface area contributed by atoms with Gasteiger partial charge in [0.05, 0.1) is 5.56 Å². The SMILES string of the molecule is O=C1CCC([N+]2([O-])Cc3ccccc3C2=O)C(=O)N1. The Morgan fingerprint density at radius 1 is 1.21 bits per heavy atom. The van der Waals surface area contributed by atoms with E-state index in [9.17, 15) is 19.6 Å². The van der Waals surface area contributed by atoms with E-state index in [1.54, 1.807) is 24.3 Å². The first-order chi connectivity index (χ1) is 9.02. The van der Waals surface area contributed by atoms with Crippen molar-refractivity contribution in [2.45, 2.75) is 25.4 Å². The lowest BCUT2D eigenvalue weighted by molar-refractivity contribution is -0.825. The minimum absolute atomic E-state index is 0.0404. The van der Waals surface area contributed by atoms with Crippen LogP contribution in [0.25, 0.3) is 0 Å². The standard InChI is InChI=1S/C13H12N2O4/c16-11-6-5-10(12(17)14-11)15(19)7-8-3-1-2-4-9(8)13(15)18/h1-4,10H,5-7H2,(H,14,16,17). The first-order valence-corrected chi connectivity index (χ1v) is 6.07. The highest BCUT2D eigenvalue weighted by atomic mass is 16.6. The van der Waals surface area contributed by atoms with Gasteiger partial charge < -0.3 is 5.21 Å². The van der Waals surface area contributed by atoms with Gasteiger partial charge in [-0.25, -0.2) is 4.79 Å². The number of carbonyl (C=O) groups excluding carboxylic acids is 3. The number of quaternary nitrogens is 1. The van der Waals surface area contributed by atoms with E-state index in [4.69, 9.17) is 0 Å². The summed E-state index contributed by atoms with van der Waals surface area (Å²) in [4.78, 5) is 35.1. The Balaban J connectivity index is 1.96. The van der Waals surface area contributed by atoms with Crippen molar-refractivity contribution < 1.29 is 19.0 Å². The molecule has 3 rings (SSSR count). The molecule has 1 aromatic carbocycles. The van der Waals surface area contributed by atoms with E-state index in [2.05, 4.69) is 5.32 Å². The quantitative estimate of drug-likeness (QED) is 0.451. The van der Waals surface area contributed by atoms with E-state index >= 15 is 0 Å². The van der Waals surface area contributed by atoms with Gasteiger partial charge in [-0.15, -0.1) is 0 Å². The van der Waals surface area contributed by atoms with Crippen molar-refractivity contribution in [1.29, 1.82) is 0 Å². The average Bonchev–Trinajstić information content (AvgIpc) is 2.63. The molecule has 1 aromatic rings. The zero-order valence-electron chi connectivity index (χ0n) is 10.1. The second-order valence-corrected chi connectivity index (χ2v) is 4.88. The highest BCUT2D eigenvalue weighted by Crippen LogP contribution is 2.34. The maximum absolute atomic E-state index is 12.8. The van der Waals surface area contributed by atoms with Crippen LogP contribution in [-0.4, -0.2) is 28.4 Å². The van der Waals surface area contributed by atoms with Crippen LogP contribution >= 0.6 is 0 Å². The number of rotatable bonds is 1. The van der Waals surface area contributed by atoms with Crippen LogP contribution in [0.4, 0.5) is 0 Å². The van der Waals surface area contributed by atoms with Crippen LogP contribution in [0.2, 0.25) is 0 Å². The van der Waals surface area contributed by atoms with Crippen molar-refractivity contribution in [3.05, 3.63) is 40.6 Å². The summed E-state index contributed by atoms with van der Waals surface area (Å²) in [6.07, 6.45) is 0.218. The Labute approximate surface area is 109 Å². The third-order valence-electron chi connectivity index (χ3n) is 3.71. The van der Waals surface area contributed by atoms with Crippen molar-refractivity contribution in [2.24, 2.45) is 0 Å². The Bertz CT molecular complexity index is 598. The summed E-state index contributed by atoms with van der Waals surface area (Å²) in [6.45, 7) is -0.0404. The van der Waals surface area contributed by atoms with Gasteiger partial charge in [-0.05, 0) is 6.07 Å². The van der Waals surface area contributed by atoms with Gasteiger partial charge in [-0.2, -0.15) is 0 Å². The molecule has 2 heterocycles. The number of imide groups is 1. The normalized spacial score (nSPS) is 30.2. The molecule has 2 unspecified atom stereocenters. The lowest BCUT2D eigenvalue weighted by Gasteiger charge is -2.42. The molecule has 6 nitrogen and oxygen atoms in total. The number of carbonyl (C=O) groups is 3. The molecule has 1 fully saturated rings. The summed E-state index contributed by atoms with van der Waals surface area (Å²) in [5, 5.41) is 14.9. The van der Waals surface area contributed by atoms with Crippen LogP contribution in [0.3, 0.4) is 0 Å². The molecule has 6 heteroatoms. The van der Waals surface area contributed by atoms with E-state index in [0.29, 0.717) is 11.1 Å². The van der Waals surface area contributed by atoms with E-state index in [1.165, 1.54) is 0 Å². The second kappa shape index (κ2) is 3.97. The van der Waals surface area contributed by atoms with Crippen molar-refractivity contribution in [2.75, 3.05) is 0 Å². The minimum Gasteiger partial charge on any atom is -0.624 e. The Kier molecular flexibility index (Phi) is 2.51. The van der Waals surface area contributed by atoms with Crippen molar-refractivity contribution >= 4 is 17.7 Å². The predicted molar refractivity (Wildman–Crippen MR) is 64.3 cm³/mol. The Morgan fingerprint density at radius 3 is 2.63 bits per heavy atom. The molecule has 0 bridgehead atoms. The fourth-order valence-electron chi connectivity index (χ4n) is 2.73. The predicted octanol–water partition coefficient (Wildman–Crippen LogP) is 0.460. The summed E-state index contributed by atoms with van der Waals surface area (Å²) < 4.78 is -1.21. The second-order valence-electron chi connectivity index (χ2n) is 4.88. The molecule has 0 radical (unpaired) electrons. The van der Waals surface area contributed by atoms with Crippen LogP contribution in [0.15, 0.2) is 24.3 Å². The topological polar surface area (TPSA) is 86.3 Å². The molecule has 0 aliphatic carbocycles. The first-order valence-electron chi connectivity index (χ1n) is 6.07. The number of hydrogen-bond donors (Lipinski definition) is 1. The van der Waals surface area contributed by atoms with Crippen LogP contribution in [0, 0.1) is 5.21 Å². The zero-order chi connectivity index (χ0) is 13.6. The summed E-state index contributed by atoms with van der Waals surface area (Å²) in [7, 11) is 0. The number of nitrogens with one attached hydrogen (secondary N) is 1. The van der Waals surface area contributed by atoms with Crippen LogP contribution in [0.1, 0.15) is 28.8 Å². The van der Waals surface area contributed by atoms with Gasteiger partial charge in [0, 0.05) is 18.4 Å². The third kappa shape index (κ3) is 1.68. The molecular formula is C13H12N2O4. The molecule has 1 saturated heterocycles. The minimum atomic E-state index is -1.21. The van der Waals surface area contributed by atoms with Crippen LogP contribution in [-0.2, 0) is 16.1 Å². The molecule has 2 aliphatic rings. The number of piperidine rings is 1. The van der Waals surface area contributed by atoms with Gasteiger partial charge in [0.25, 0.3) is 5.91 Å². The van der Waals surface area contributed by atoms with E-state index in [-0.39, 0.29) is 19.4 Å². The number of amides is 3. The smallest absolute Gasteiger partial charge is 0.347 e. The lowest BCUT2D eigenvalue weighted by Crippen LogP contribution is -2.60. The van der Waals surface area contributed by atoms with Crippen molar-refractivity contribution in [1.82, 2.24) is 5.32 Å². The molecule has 1 N–H and O–H groups in total. The number of nitrogens with zero attached hydrogens (tertiary/aromatic N) is 1. The van der Waals surface area contributed by atoms with Crippen LogP contribution in [0.5, 0.6) is 0 Å². The summed E-state index contributed by atoms with van der Waals surface area (Å²) in [6, 6.07) is 5.74. The van der Waals surface area contributed by atoms with Gasteiger partial charge >= 0.3 is 5.91 Å². The third-order valence-corrected chi connectivity index (χ3v) is 3.71. The van der Waals surface area contributed by atoms with Crippen LogP contribution < -0.4 is 5.32 Å². The maximum Gasteiger partial charge on any atom is 0.347 e. The van der Waals surface area contributed by atoms with E-state index in [0.717, 1.165) is 0 Å². The zero-order valence-corrected chi connectivity index (χ0v) is 10.1. The molecule has 98 valence electrons. The fourth-order valence-corrected chi connectivity index (χ4v) is 2.73. The maximum atomic E-state index is 12.8. The molecule has 2 atom stereocenters. The van der Waals surface area contributed by atoms with Gasteiger partial charge in [0.1, 0.15) is 6.54 Å². The van der Waals surface area contributed by atoms with Gasteiger partial charge in [-0.3, -0.25) is 19.6 Å². The summed E-state index contributed by atoms with van der Waals surface area (Å²) in [5.74, 6) is -1.63. The Hall–Kier alpha value is -2.05. The van der Waals surface area contributed by atoms with E-state index < -0.39 is 28.4 Å². The largest absolute Gasteiger partial charge is 0.624 e. The highest BCUT2D eigenvalue weighted by Gasteiger charge is 2.49. The number of hydroxylamine groups is 3. The monoisotopic (exact) mass is 260 g/mol. The molecule has 0 aromatic heterocycles. The van der Waals surface area contributed by atoms with Crippen molar-refractivity contribution in [3.63, 3.8) is 0 Å². The summed E-state index contributed by atoms with van der Waals surface area (Å²) >= 11 is 0. The molecular weight excluding hydrogens is 248 g/mol. The molecule has 2 aliphatic heterocycles.